The van der Waals surface area contributed by atoms with Crippen molar-refractivity contribution < 1.29 is 9.90 Å². The van der Waals surface area contributed by atoms with E-state index in [9.17, 15) is 9.90 Å². The molecule has 2 heterocycles. The van der Waals surface area contributed by atoms with Gasteiger partial charge in [-0.1, -0.05) is 30.3 Å². The molecule has 1 fully saturated rings. The number of carbonyl (C=O) groups is 1. The molecule has 0 spiro atoms. The van der Waals surface area contributed by atoms with Gasteiger partial charge in [-0.2, -0.15) is 0 Å². The summed E-state index contributed by atoms with van der Waals surface area (Å²) >= 11 is 0. The average molecular weight is 310 g/mol. The Morgan fingerprint density at radius 2 is 1.96 bits per heavy atom. The molecule has 2 atom stereocenters. The number of benzene rings is 1. The average Bonchev–Trinajstić information content (AvgIpc) is 3.01. The summed E-state index contributed by atoms with van der Waals surface area (Å²) < 4.78 is 0. The molecule has 2 aromatic rings. The number of pyridine rings is 1. The van der Waals surface area contributed by atoms with Crippen LogP contribution in [0.25, 0.3) is 0 Å². The second-order valence-electron chi connectivity index (χ2n) is 6.20. The van der Waals surface area contributed by atoms with Gasteiger partial charge in [0.05, 0.1) is 11.7 Å². The van der Waals surface area contributed by atoms with Crippen molar-refractivity contribution in [3.05, 3.63) is 65.0 Å². The highest BCUT2D eigenvalue weighted by molar-refractivity contribution is 5.74. The zero-order valence-electron chi connectivity index (χ0n) is 13.6. The fourth-order valence-electron chi connectivity index (χ4n) is 3.52. The molecular weight excluding hydrogens is 288 g/mol. The highest BCUT2D eigenvalue weighted by Crippen LogP contribution is 2.36. The standard InChI is InChI=1S/C19H22N2O2/c1-13-7-3-4-9-15(13)18(17-14(2)8-5-11-20-17)21-12-6-10-16(21)19(22)23/h3-5,7-9,11,16,18H,6,10,12H2,1-2H3,(H,22,23). The van der Waals surface area contributed by atoms with Crippen LogP contribution in [0.1, 0.15) is 41.3 Å². The summed E-state index contributed by atoms with van der Waals surface area (Å²) in [5, 5.41) is 9.60. The molecule has 0 aliphatic carbocycles. The van der Waals surface area contributed by atoms with E-state index in [2.05, 4.69) is 28.9 Å². The van der Waals surface area contributed by atoms with Gasteiger partial charge in [-0.15, -0.1) is 0 Å². The Morgan fingerprint density at radius 3 is 2.65 bits per heavy atom. The molecule has 0 radical (unpaired) electrons. The number of aliphatic carboxylic acids is 1. The van der Waals surface area contributed by atoms with Gasteiger partial charge in [0.1, 0.15) is 6.04 Å². The monoisotopic (exact) mass is 310 g/mol. The van der Waals surface area contributed by atoms with E-state index in [0.717, 1.165) is 29.8 Å². The Morgan fingerprint density at radius 1 is 1.22 bits per heavy atom. The van der Waals surface area contributed by atoms with Gasteiger partial charge in [0, 0.05) is 12.7 Å². The number of nitrogens with zero attached hydrogens (tertiary/aromatic N) is 2. The number of aromatic nitrogens is 1. The summed E-state index contributed by atoms with van der Waals surface area (Å²) in [6, 6.07) is 11.6. The van der Waals surface area contributed by atoms with Crippen LogP contribution in [-0.2, 0) is 4.79 Å². The number of aryl methyl sites for hydroxylation is 2. The Kier molecular flexibility index (Phi) is 4.44. The van der Waals surface area contributed by atoms with Gasteiger partial charge in [-0.25, -0.2) is 0 Å². The predicted molar refractivity (Wildman–Crippen MR) is 89.4 cm³/mol. The number of likely N-dealkylation sites (tertiary alicyclic amines) is 1. The molecule has 1 N–H and O–H groups in total. The SMILES string of the molecule is Cc1ccccc1C(c1ncccc1C)N1CCCC1C(=O)O. The molecule has 1 saturated heterocycles. The second-order valence-corrected chi connectivity index (χ2v) is 6.20. The highest BCUT2D eigenvalue weighted by atomic mass is 16.4. The topological polar surface area (TPSA) is 53.4 Å². The Bertz CT molecular complexity index is 669. The first-order valence-electron chi connectivity index (χ1n) is 8.05. The van der Waals surface area contributed by atoms with E-state index in [4.69, 9.17) is 0 Å². The molecule has 120 valence electrons. The fraction of sp³-hybridized carbons (Fsp3) is 0.368. The van der Waals surface area contributed by atoms with Gasteiger partial charge < -0.3 is 5.11 Å². The van der Waals surface area contributed by atoms with Gasteiger partial charge in [-0.3, -0.25) is 14.7 Å². The van der Waals surface area contributed by atoms with E-state index in [1.165, 1.54) is 5.56 Å². The van der Waals surface area contributed by atoms with Crippen molar-refractivity contribution in [2.24, 2.45) is 0 Å². The molecule has 3 rings (SSSR count). The number of carboxylic acid groups (broad SMARTS) is 1. The smallest absolute Gasteiger partial charge is 0.320 e. The van der Waals surface area contributed by atoms with Crippen molar-refractivity contribution in [1.29, 1.82) is 0 Å². The zero-order chi connectivity index (χ0) is 16.4. The van der Waals surface area contributed by atoms with E-state index in [-0.39, 0.29) is 6.04 Å². The van der Waals surface area contributed by atoms with Crippen molar-refractivity contribution >= 4 is 5.97 Å². The first-order chi connectivity index (χ1) is 11.1. The molecule has 23 heavy (non-hydrogen) atoms. The molecule has 1 aliphatic rings. The summed E-state index contributed by atoms with van der Waals surface area (Å²) in [7, 11) is 0. The molecule has 0 amide bonds. The minimum Gasteiger partial charge on any atom is -0.480 e. The number of hydrogen-bond acceptors (Lipinski definition) is 3. The largest absolute Gasteiger partial charge is 0.480 e. The maximum atomic E-state index is 11.7. The minimum atomic E-state index is -0.741. The third kappa shape index (κ3) is 2.99. The number of hydrogen-bond donors (Lipinski definition) is 1. The summed E-state index contributed by atoms with van der Waals surface area (Å²) in [5.74, 6) is -0.741. The van der Waals surface area contributed by atoms with Crippen molar-refractivity contribution in [3.8, 4) is 0 Å². The normalized spacial score (nSPS) is 19.7. The maximum absolute atomic E-state index is 11.7. The lowest BCUT2D eigenvalue weighted by Gasteiger charge is -2.32. The van der Waals surface area contributed by atoms with Crippen LogP contribution in [-0.4, -0.2) is 33.5 Å². The lowest BCUT2D eigenvalue weighted by atomic mass is 9.94. The second kappa shape index (κ2) is 6.50. The van der Waals surface area contributed by atoms with Gasteiger partial charge in [0.25, 0.3) is 0 Å². The molecule has 4 heteroatoms. The van der Waals surface area contributed by atoms with E-state index in [1.54, 1.807) is 6.20 Å². The van der Waals surface area contributed by atoms with Crippen molar-refractivity contribution in [2.45, 2.75) is 38.8 Å². The van der Waals surface area contributed by atoms with Crippen LogP contribution in [0.4, 0.5) is 0 Å². The van der Waals surface area contributed by atoms with Gasteiger partial charge in [0.2, 0.25) is 0 Å². The van der Waals surface area contributed by atoms with Crippen LogP contribution in [0.2, 0.25) is 0 Å². The lowest BCUT2D eigenvalue weighted by molar-refractivity contribution is -0.142. The third-order valence-corrected chi connectivity index (χ3v) is 4.70. The summed E-state index contributed by atoms with van der Waals surface area (Å²) in [6.45, 7) is 4.90. The molecule has 0 saturated carbocycles. The molecular formula is C19H22N2O2. The van der Waals surface area contributed by atoms with E-state index >= 15 is 0 Å². The van der Waals surface area contributed by atoms with Crippen LogP contribution in [0.15, 0.2) is 42.6 Å². The summed E-state index contributed by atoms with van der Waals surface area (Å²) in [4.78, 5) is 18.4. The Labute approximate surface area is 136 Å². The van der Waals surface area contributed by atoms with E-state index in [1.807, 2.05) is 31.2 Å². The lowest BCUT2D eigenvalue weighted by Crippen LogP contribution is -2.40. The minimum absolute atomic E-state index is 0.110. The number of carboxylic acids is 1. The molecule has 2 unspecified atom stereocenters. The first kappa shape index (κ1) is 15.7. The molecule has 1 aromatic heterocycles. The van der Waals surface area contributed by atoms with Crippen molar-refractivity contribution in [2.75, 3.05) is 6.54 Å². The Balaban J connectivity index is 2.13. The molecule has 1 aromatic carbocycles. The van der Waals surface area contributed by atoms with E-state index in [0.29, 0.717) is 6.42 Å². The van der Waals surface area contributed by atoms with Crippen LogP contribution in [0.3, 0.4) is 0 Å². The van der Waals surface area contributed by atoms with Gasteiger partial charge in [0.15, 0.2) is 0 Å². The van der Waals surface area contributed by atoms with E-state index < -0.39 is 12.0 Å². The molecule has 4 nitrogen and oxygen atoms in total. The van der Waals surface area contributed by atoms with Crippen LogP contribution in [0.5, 0.6) is 0 Å². The summed E-state index contributed by atoms with van der Waals surface area (Å²) in [5.41, 5.74) is 4.35. The molecule has 1 aliphatic heterocycles. The van der Waals surface area contributed by atoms with Crippen molar-refractivity contribution in [3.63, 3.8) is 0 Å². The fourth-order valence-corrected chi connectivity index (χ4v) is 3.52. The van der Waals surface area contributed by atoms with Gasteiger partial charge in [-0.05, 0) is 49.4 Å². The maximum Gasteiger partial charge on any atom is 0.320 e. The first-order valence-corrected chi connectivity index (χ1v) is 8.05. The van der Waals surface area contributed by atoms with Gasteiger partial charge >= 0.3 is 5.97 Å². The molecule has 0 bridgehead atoms. The van der Waals surface area contributed by atoms with Crippen LogP contribution < -0.4 is 0 Å². The summed E-state index contributed by atoms with van der Waals surface area (Å²) in [6.07, 6.45) is 3.40. The van der Waals surface area contributed by atoms with Crippen molar-refractivity contribution in [1.82, 2.24) is 9.88 Å². The van der Waals surface area contributed by atoms with Crippen LogP contribution in [0, 0.1) is 13.8 Å². The van der Waals surface area contributed by atoms with Crippen LogP contribution >= 0.6 is 0 Å². The highest BCUT2D eigenvalue weighted by Gasteiger charge is 2.38. The third-order valence-electron chi connectivity index (χ3n) is 4.70. The predicted octanol–water partition coefficient (Wildman–Crippen LogP) is 3.34. The zero-order valence-corrected chi connectivity index (χ0v) is 13.6. The Hall–Kier alpha value is -2.20. The quantitative estimate of drug-likeness (QED) is 0.941. The number of rotatable bonds is 4.